The van der Waals surface area contributed by atoms with Gasteiger partial charge < -0.3 is 4.57 Å². The van der Waals surface area contributed by atoms with E-state index in [1.54, 1.807) is 19.6 Å². The summed E-state index contributed by atoms with van der Waals surface area (Å²) in [7, 11) is 1.67. The van der Waals surface area contributed by atoms with E-state index in [4.69, 9.17) is 5.53 Å². The lowest BCUT2D eigenvalue weighted by molar-refractivity contribution is -0.119. The largest absolute Gasteiger partial charge is 0.317 e. The van der Waals surface area contributed by atoms with E-state index in [0.29, 0.717) is 6.42 Å². The number of amides is 1. The second-order valence-electron chi connectivity index (χ2n) is 3.71. The Balaban J connectivity index is 2.34. The van der Waals surface area contributed by atoms with Crippen LogP contribution in [0.3, 0.4) is 0 Å². The summed E-state index contributed by atoms with van der Waals surface area (Å²) in [5.41, 5.74) is 8.41. The molecule has 1 atom stereocenters. The van der Waals surface area contributed by atoms with E-state index < -0.39 is 6.04 Å². The van der Waals surface area contributed by atoms with E-state index in [-0.39, 0.29) is 5.91 Å². The molecule has 1 unspecified atom stereocenters. The predicted octanol–water partition coefficient (Wildman–Crippen LogP) is 1.32. The van der Waals surface area contributed by atoms with Crippen LogP contribution in [0.5, 0.6) is 0 Å². The fraction of sp³-hybridized carbons (Fsp3) is 0.556. The second kappa shape index (κ2) is 4.24. The van der Waals surface area contributed by atoms with Crippen LogP contribution in [0.25, 0.3) is 10.4 Å². The normalized spacial score (nSPS) is 20.7. The molecular weight excluding hydrogens is 208 g/mol. The van der Waals surface area contributed by atoms with Crippen LogP contribution in [0, 0.1) is 0 Å². The Hall–Kier alpha value is -2.01. The lowest BCUT2D eigenvalue weighted by atomic mass is 10.1. The topological polar surface area (TPSA) is 86.9 Å². The molecule has 0 aliphatic carbocycles. The lowest BCUT2D eigenvalue weighted by Crippen LogP contribution is -2.38. The van der Waals surface area contributed by atoms with Gasteiger partial charge in [-0.25, -0.2) is 4.98 Å². The van der Waals surface area contributed by atoms with E-state index >= 15 is 0 Å². The third-order valence-corrected chi connectivity index (χ3v) is 2.72. The molecule has 84 valence electrons. The van der Waals surface area contributed by atoms with E-state index in [1.165, 1.54) is 4.90 Å². The van der Waals surface area contributed by atoms with Crippen molar-refractivity contribution in [2.24, 2.45) is 5.11 Å². The number of azide groups is 1. The van der Waals surface area contributed by atoms with Gasteiger partial charge in [-0.3, -0.25) is 9.69 Å². The van der Waals surface area contributed by atoms with E-state index in [1.807, 2.05) is 4.57 Å². The van der Waals surface area contributed by atoms with Crippen LogP contribution in [0.1, 0.15) is 12.8 Å². The summed E-state index contributed by atoms with van der Waals surface area (Å²) in [5, 5.41) is 3.53. The van der Waals surface area contributed by atoms with Gasteiger partial charge in [0.05, 0.1) is 12.5 Å². The number of carbonyl (C=O) groups is 1. The van der Waals surface area contributed by atoms with E-state index in [0.717, 1.165) is 18.8 Å². The summed E-state index contributed by atoms with van der Waals surface area (Å²) in [6.45, 7) is 0.782. The van der Waals surface area contributed by atoms with Gasteiger partial charge in [-0.1, -0.05) is 5.11 Å². The molecule has 1 amide bonds. The van der Waals surface area contributed by atoms with Gasteiger partial charge in [-0.2, -0.15) is 0 Å². The number of hydrogen-bond donors (Lipinski definition) is 0. The van der Waals surface area contributed by atoms with Gasteiger partial charge in [0.15, 0.2) is 0 Å². The predicted molar refractivity (Wildman–Crippen MR) is 57.8 cm³/mol. The molecule has 0 spiro atoms. The number of aromatic nitrogens is 2. The molecular formula is C9H12N6O. The van der Waals surface area contributed by atoms with Gasteiger partial charge >= 0.3 is 0 Å². The Morgan fingerprint density at radius 2 is 2.50 bits per heavy atom. The number of hydrogen-bond acceptors (Lipinski definition) is 3. The quantitative estimate of drug-likeness (QED) is 0.406. The second-order valence-corrected chi connectivity index (χ2v) is 3.71. The Morgan fingerprint density at radius 3 is 3.25 bits per heavy atom. The molecule has 0 saturated carbocycles. The van der Waals surface area contributed by atoms with Crippen LogP contribution in [0.2, 0.25) is 0 Å². The lowest BCUT2D eigenvalue weighted by Gasteiger charge is -2.24. The van der Waals surface area contributed by atoms with Crippen LogP contribution in [-0.4, -0.2) is 28.5 Å². The summed E-state index contributed by atoms with van der Waals surface area (Å²) in [6, 6.07) is -0.598. The monoisotopic (exact) mass is 220 g/mol. The van der Waals surface area contributed by atoms with Crippen molar-refractivity contribution in [2.45, 2.75) is 25.4 Å². The van der Waals surface area contributed by atoms with Crippen LogP contribution >= 0.6 is 0 Å². The first-order valence-corrected chi connectivity index (χ1v) is 5.06. The highest BCUT2D eigenvalue weighted by Crippen LogP contribution is 2.20. The minimum Gasteiger partial charge on any atom is -0.317 e. The maximum Gasteiger partial charge on any atom is 0.236 e. The van der Waals surface area contributed by atoms with Crippen molar-refractivity contribution in [2.75, 3.05) is 11.9 Å². The van der Waals surface area contributed by atoms with Crippen molar-refractivity contribution in [3.63, 3.8) is 0 Å². The number of rotatable bonds is 1. The highest BCUT2D eigenvalue weighted by Gasteiger charge is 2.25. The van der Waals surface area contributed by atoms with Crippen LogP contribution < -0.4 is 4.90 Å². The standard InChI is InChI=1S/C9H12N6O/c1-14-8-5-11-6-15(8)4-2-3-7(9(14)16)12-13-10/h5-7H,2-4H2,1H3. The van der Waals surface area contributed by atoms with Crippen molar-refractivity contribution in [1.29, 1.82) is 0 Å². The molecule has 1 aliphatic heterocycles. The summed E-state index contributed by atoms with van der Waals surface area (Å²) < 4.78 is 1.92. The Morgan fingerprint density at radius 1 is 1.69 bits per heavy atom. The number of fused-ring (bicyclic) bond motifs is 1. The fourth-order valence-corrected chi connectivity index (χ4v) is 1.85. The van der Waals surface area contributed by atoms with Crippen molar-refractivity contribution in [3.8, 4) is 0 Å². The molecule has 2 rings (SSSR count). The third kappa shape index (κ3) is 1.72. The summed E-state index contributed by atoms with van der Waals surface area (Å²) >= 11 is 0. The molecule has 7 nitrogen and oxygen atoms in total. The zero-order chi connectivity index (χ0) is 11.5. The average molecular weight is 220 g/mol. The molecule has 0 radical (unpaired) electrons. The number of nitrogens with zero attached hydrogens (tertiary/aromatic N) is 6. The zero-order valence-electron chi connectivity index (χ0n) is 8.94. The van der Waals surface area contributed by atoms with Crippen molar-refractivity contribution >= 4 is 11.7 Å². The first-order chi connectivity index (χ1) is 7.74. The van der Waals surface area contributed by atoms with Crippen molar-refractivity contribution in [1.82, 2.24) is 9.55 Å². The first kappa shape index (κ1) is 10.5. The number of aryl methyl sites for hydroxylation is 1. The molecule has 7 heteroatoms. The molecule has 1 aromatic heterocycles. The average Bonchev–Trinajstić information content (AvgIpc) is 2.73. The Bertz CT molecular complexity index is 447. The minimum atomic E-state index is -0.598. The number of likely N-dealkylation sites (N-methyl/N-ethyl adjacent to an activating group) is 1. The van der Waals surface area contributed by atoms with Crippen molar-refractivity contribution in [3.05, 3.63) is 23.0 Å². The fourth-order valence-electron chi connectivity index (χ4n) is 1.85. The van der Waals surface area contributed by atoms with Gasteiger partial charge in [0.1, 0.15) is 11.9 Å². The molecule has 0 aromatic carbocycles. The number of carbonyl (C=O) groups excluding carboxylic acids is 1. The van der Waals surface area contributed by atoms with Crippen molar-refractivity contribution < 1.29 is 4.79 Å². The molecule has 0 fully saturated rings. The molecule has 0 saturated heterocycles. The highest BCUT2D eigenvalue weighted by molar-refractivity contribution is 5.96. The smallest absolute Gasteiger partial charge is 0.236 e. The molecule has 2 heterocycles. The molecule has 1 aromatic rings. The summed E-state index contributed by atoms with van der Waals surface area (Å²) in [6.07, 6.45) is 4.71. The third-order valence-electron chi connectivity index (χ3n) is 2.72. The van der Waals surface area contributed by atoms with Gasteiger partial charge in [0.2, 0.25) is 5.91 Å². The highest BCUT2D eigenvalue weighted by atomic mass is 16.2. The van der Waals surface area contributed by atoms with Gasteiger partial charge in [0.25, 0.3) is 0 Å². The maximum absolute atomic E-state index is 12.0. The van der Waals surface area contributed by atoms with Crippen LogP contribution in [0.4, 0.5) is 5.82 Å². The Labute approximate surface area is 92.3 Å². The molecule has 0 bridgehead atoms. The first-order valence-electron chi connectivity index (χ1n) is 5.06. The van der Waals surface area contributed by atoms with Crippen LogP contribution in [-0.2, 0) is 11.3 Å². The minimum absolute atomic E-state index is 0.181. The Kier molecular flexibility index (Phi) is 2.78. The molecule has 0 N–H and O–H groups in total. The van der Waals surface area contributed by atoms with E-state index in [9.17, 15) is 4.79 Å². The van der Waals surface area contributed by atoms with E-state index in [2.05, 4.69) is 15.0 Å². The SMILES string of the molecule is CN1C(=O)C(N=[N+]=[N-])CCCn2cncc21. The summed E-state index contributed by atoms with van der Waals surface area (Å²) in [4.78, 5) is 20.2. The zero-order valence-corrected chi connectivity index (χ0v) is 8.94. The maximum atomic E-state index is 12.0. The molecule has 1 aliphatic rings. The summed E-state index contributed by atoms with van der Waals surface area (Å²) in [5.74, 6) is 0.557. The number of imidazole rings is 1. The molecule has 16 heavy (non-hydrogen) atoms. The number of anilines is 1. The van der Waals surface area contributed by atoms with Crippen LogP contribution in [0.15, 0.2) is 17.6 Å². The van der Waals surface area contributed by atoms with Gasteiger partial charge in [0, 0.05) is 18.5 Å². The van der Waals surface area contributed by atoms with Gasteiger partial charge in [-0.15, -0.1) is 0 Å². The van der Waals surface area contributed by atoms with Gasteiger partial charge in [-0.05, 0) is 18.4 Å².